The average Bonchev–Trinajstić information content (AvgIpc) is 3.10. The first-order valence-electron chi connectivity index (χ1n) is 8.67. The topological polar surface area (TPSA) is 39.2 Å². The maximum atomic E-state index is 6.17. The molecule has 124 valence electrons. The second-order valence-electron chi connectivity index (χ2n) is 6.45. The number of hydrogen-bond donors (Lipinski definition) is 1. The number of nitrogens with two attached hydrogens (primary N) is 1. The molecule has 0 aliphatic heterocycles. The highest BCUT2D eigenvalue weighted by molar-refractivity contribution is 6.15. The fourth-order valence-corrected chi connectivity index (χ4v) is 3.56. The summed E-state index contributed by atoms with van der Waals surface area (Å²) < 4.78 is 6.01. The average molecular weight is 335 g/mol. The summed E-state index contributed by atoms with van der Waals surface area (Å²) in [5, 5.41) is 2.17. The highest BCUT2D eigenvalue weighted by atomic mass is 16.3. The van der Waals surface area contributed by atoms with Gasteiger partial charge in [0.1, 0.15) is 5.58 Å². The first-order chi connectivity index (χ1) is 12.8. The van der Waals surface area contributed by atoms with E-state index in [2.05, 4.69) is 60.7 Å². The van der Waals surface area contributed by atoms with E-state index in [9.17, 15) is 0 Å². The molecule has 4 aromatic carbocycles. The van der Waals surface area contributed by atoms with E-state index in [0.29, 0.717) is 5.69 Å². The monoisotopic (exact) mass is 335 g/mol. The third kappa shape index (κ3) is 2.27. The lowest BCUT2D eigenvalue weighted by Gasteiger charge is -2.07. The van der Waals surface area contributed by atoms with E-state index in [4.69, 9.17) is 10.2 Å². The van der Waals surface area contributed by atoms with Gasteiger partial charge in [0, 0.05) is 10.8 Å². The van der Waals surface area contributed by atoms with Crippen molar-refractivity contribution in [2.75, 3.05) is 5.73 Å². The molecule has 0 atom stereocenters. The van der Waals surface area contributed by atoms with Crippen LogP contribution >= 0.6 is 0 Å². The van der Waals surface area contributed by atoms with Gasteiger partial charge in [0.2, 0.25) is 0 Å². The van der Waals surface area contributed by atoms with E-state index in [-0.39, 0.29) is 0 Å². The van der Waals surface area contributed by atoms with Crippen molar-refractivity contribution < 1.29 is 4.42 Å². The second-order valence-corrected chi connectivity index (χ2v) is 6.45. The summed E-state index contributed by atoms with van der Waals surface area (Å²) in [5.74, 6) is 0. The van der Waals surface area contributed by atoms with Gasteiger partial charge in [-0.15, -0.1) is 0 Å². The van der Waals surface area contributed by atoms with E-state index in [1.807, 2.05) is 30.3 Å². The quantitative estimate of drug-likeness (QED) is 0.374. The molecule has 0 aliphatic carbocycles. The van der Waals surface area contributed by atoms with Crippen molar-refractivity contribution in [1.29, 1.82) is 0 Å². The Bertz CT molecular complexity index is 1220. The molecule has 0 amide bonds. The number of rotatable bonds is 2. The molecule has 0 aliphatic rings. The van der Waals surface area contributed by atoms with Gasteiger partial charge in [-0.2, -0.15) is 0 Å². The standard InChI is InChI=1S/C24H17NO/c25-21-15-14-19(23-20-8-4-5-9-22(20)26-24(21)23)18-12-10-17(11-13-18)16-6-2-1-3-7-16/h1-15H,25H2. The summed E-state index contributed by atoms with van der Waals surface area (Å²) in [5.41, 5.74) is 13.2. The molecule has 0 unspecified atom stereocenters. The lowest BCUT2D eigenvalue weighted by molar-refractivity contribution is 0.670. The number of furan rings is 1. The van der Waals surface area contributed by atoms with E-state index in [0.717, 1.165) is 33.1 Å². The van der Waals surface area contributed by atoms with Gasteiger partial charge in [-0.1, -0.05) is 78.9 Å². The fraction of sp³-hybridized carbons (Fsp3) is 0. The summed E-state index contributed by atoms with van der Waals surface area (Å²) in [7, 11) is 0. The molecule has 2 heteroatoms. The van der Waals surface area contributed by atoms with Gasteiger partial charge in [-0.05, 0) is 34.4 Å². The van der Waals surface area contributed by atoms with Crippen LogP contribution in [-0.4, -0.2) is 0 Å². The Morgan fingerprint density at radius 3 is 2.04 bits per heavy atom. The minimum Gasteiger partial charge on any atom is -0.454 e. The highest BCUT2D eigenvalue weighted by Crippen LogP contribution is 2.39. The van der Waals surface area contributed by atoms with Crippen molar-refractivity contribution in [3.63, 3.8) is 0 Å². The maximum Gasteiger partial charge on any atom is 0.158 e. The molecule has 2 N–H and O–H groups in total. The van der Waals surface area contributed by atoms with Crippen LogP contribution in [0.2, 0.25) is 0 Å². The molecule has 0 saturated heterocycles. The lowest BCUT2D eigenvalue weighted by atomic mass is 9.96. The Hall–Kier alpha value is -3.52. The molecule has 1 aromatic heterocycles. The number of hydrogen-bond acceptors (Lipinski definition) is 2. The zero-order chi connectivity index (χ0) is 17.5. The van der Waals surface area contributed by atoms with Crippen LogP contribution in [0.5, 0.6) is 0 Å². The van der Waals surface area contributed by atoms with Crippen LogP contribution in [0.1, 0.15) is 0 Å². The minimum atomic E-state index is 0.667. The zero-order valence-corrected chi connectivity index (χ0v) is 14.1. The number of fused-ring (bicyclic) bond motifs is 3. The largest absolute Gasteiger partial charge is 0.454 e. The molecule has 5 rings (SSSR count). The Kier molecular flexibility index (Phi) is 3.29. The van der Waals surface area contributed by atoms with Gasteiger partial charge in [0.05, 0.1) is 5.69 Å². The Balaban J connectivity index is 1.71. The summed E-state index contributed by atoms with van der Waals surface area (Å²) in [6.07, 6.45) is 0. The Labute approximate surface area is 151 Å². The van der Waals surface area contributed by atoms with E-state index >= 15 is 0 Å². The van der Waals surface area contributed by atoms with Crippen molar-refractivity contribution in [3.8, 4) is 22.3 Å². The number of para-hydroxylation sites is 1. The molecule has 0 bridgehead atoms. The summed E-state index contributed by atoms with van der Waals surface area (Å²) in [4.78, 5) is 0. The van der Waals surface area contributed by atoms with Crippen LogP contribution in [0, 0.1) is 0 Å². The minimum absolute atomic E-state index is 0.667. The molecule has 26 heavy (non-hydrogen) atoms. The van der Waals surface area contributed by atoms with Gasteiger partial charge in [0.25, 0.3) is 0 Å². The van der Waals surface area contributed by atoms with Gasteiger partial charge in [0.15, 0.2) is 5.58 Å². The van der Waals surface area contributed by atoms with Crippen molar-refractivity contribution >= 4 is 27.6 Å². The number of benzene rings is 4. The number of anilines is 1. The third-order valence-corrected chi connectivity index (χ3v) is 4.86. The van der Waals surface area contributed by atoms with Crippen LogP contribution in [0.3, 0.4) is 0 Å². The first kappa shape index (κ1) is 14.8. The molecule has 0 saturated carbocycles. The van der Waals surface area contributed by atoms with E-state index < -0.39 is 0 Å². The van der Waals surface area contributed by atoms with E-state index in [1.165, 1.54) is 11.1 Å². The second kappa shape index (κ2) is 5.78. The predicted molar refractivity (Wildman–Crippen MR) is 109 cm³/mol. The van der Waals surface area contributed by atoms with Gasteiger partial charge in [-0.3, -0.25) is 0 Å². The zero-order valence-electron chi connectivity index (χ0n) is 14.1. The normalized spacial score (nSPS) is 11.2. The molecule has 1 heterocycles. The van der Waals surface area contributed by atoms with Gasteiger partial charge < -0.3 is 10.2 Å². The molecule has 5 aromatic rings. The molecule has 0 spiro atoms. The SMILES string of the molecule is Nc1ccc(-c2ccc(-c3ccccc3)cc2)c2c1oc1ccccc12. The fourth-order valence-electron chi connectivity index (χ4n) is 3.56. The van der Waals surface area contributed by atoms with Gasteiger partial charge in [-0.25, -0.2) is 0 Å². The summed E-state index contributed by atoms with van der Waals surface area (Å²) in [6, 6.07) is 31.1. The van der Waals surface area contributed by atoms with Crippen molar-refractivity contribution in [1.82, 2.24) is 0 Å². The van der Waals surface area contributed by atoms with Crippen molar-refractivity contribution in [3.05, 3.63) is 91.0 Å². The van der Waals surface area contributed by atoms with Crippen LogP contribution in [-0.2, 0) is 0 Å². The Morgan fingerprint density at radius 2 is 1.23 bits per heavy atom. The van der Waals surface area contributed by atoms with E-state index in [1.54, 1.807) is 0 Å². The predicted octanol–water partition coefficient (Wildman–Crippen LogP) is 6.50. The maximum absolute atomic E-state index is 6.17. The summed E-state index contributed by atoms with van der Waals surface area (Å²) >= 11 is 0. The summed E-state index contributed by atoms with van der Waals surface area (Å²) in [6.45, 7) is 0. The molecule has 0 fully saturated rings. The van der Waals surface area contributed by atoms with Gasteiger partial charge >= 0.3 is 0 Å². The van der Waals surface area contributed by atoms with Crippen molar-refractivity contribution in [2.45, 2.75) is 0 Å². The number of nitrogen functional groups attached to an aromatic ring is 1. The van der Waals surface area contributed by atoms with Crippen LogP contribution < -0.4 is 5.73 Å². The Morgan fingerprint density at radius 1 is 0.577 bits per heavy atom. The smallest absolute Gasteiger partial charge is 0.158 e. The lowest BCUT2D eigenvalue weighted by Crippen LogP contribution is -1.87. The molecular formula is C24H17NO. The highest BCUT2D eigenvalue weighted by Gasteiger charge is 2.14. The third-order valence-electron chi connectivity index (χ3n) is 4.86. The first-order valence-corrected chi connectivity index (χ1v) is 8.67. The molecular weight excluding hydrogens is 318 g/mol. The molecule has 0 radical (unpaired) electrons. The van der Waals surface area contributed by atoms with Crippen LogP contribution in [0.4, 0.5) is 5.69 Å². The van der Waals surface area contributed by atoms with Crippen molar-refractivity contribution in [2.24, 2.45) is 0 Å². The van der Waals surface area contributed by atoms with Crippen LogP contribution in [0.15, 0.2) is 95.4 Å². The molecule has 2 nitrogen and oxygen atoms in total. The van der Waals surface area contributed by atoms with Crippen LogP contribution in [0.25, 0.3) is 44.2 Å².